The summed E-state index contributed by atoms with van der Waals surface area (Å²) >= 11 is 5.01. The molecule has 5 heteroatoms. The van der Waals surface area contributed by atoms with Crippen LogP contribution in [0.5, 0.6) is 5.75 Å². The molecular formula is C16H24N2O2S. The summed E-state index contributed by atoms with van der Waals surface area (Å²) in [5, 5.41) is 0. The maximum absolute atomic E-state index is 5.93. The molecule has 0 radical (unpaired) electrons. The van der Waals surface area contributed by atoms with Gasteiger partial charge in [-0.1, -0.05) is 24.4 Å². The second kappa shape index (κ2) is 7.20. The predicted octanol–water partition coefficient (Wildman–Crippen LogP) is 2.12. The predicted molar refractivity (Wildman–Crippen MR) is 89.0 cm³/mol. The number of aryl methyl sites for hydroxylation is 1. The van der Waals surface area contributed by atoms with E-state index in [0.29, 0.717) is 17.6 Å². The van der Waals surface area contributed by atoms with Gasteiger partial charge in [0.15, 0.2) is 0 Å². The number of hydrogen-bond acceptors (Lipinski definition) is 4. The van der Waals surface area contributed by atoms with Gasteiger partial charge >= 0.3 is 0 Å². The molecule has 1 unspecified atom stereocenters. The Kier molecular flexibility index (Phi) is 5.56. The van der Waals surface area contributed by atoms with Crippen LogP contribution in [0.3, 0.4) is 0 Å². The van der Waals surface area contributed by atoms with Crippen LogP contribution in [0.1, 0.15) is 25.0 Å². The highest BCUT2D eigenvalue weighted by Gasteiger charge is 2.22. The Bertz CT molecular complexity index is 505. The molecule has 2 rings (SSSR count). The molecule has 1 fully saturated rings. The summed E-state index contributed by atoms with van der Waals surface area (Å²) in [6.07, 6.45) is 0.106. The zero-order valence-corrected chi connectivity index (χ0v) is 13.8. The molecule has 0 saturated carbocycles. The van der Waals surface area contributed by atoms with E-state index in [-0.39, 0.29) is 6.10 Å². The number of benzene rings is 1. The summed E-state index contributed by atoms with van der Waals surface area (Å²) < 4.78 is 11.7. The number of rotatable bonds is 5. The molecular weight excluding hydrogens is 284 g/mol. The monoisotopic (exact) mass is 308 g/mol. The van der Waals surface area contributed by atoms with Crippen LogP contribution in [0.25, 0.3) is 0 Å². The van der Waals surface area contributed by atoms with Gasteiger partial charge in [-0.2, -0.15) is 0 Å². The molecule has 0 amide bonds. The smallest absolute Gasteiger partial charge is 0.123 e. The van der Waals surface area contributed by atoms with Crippen LogP contribution < -0.4 is 10.5 Å². The fourth-order valence-corrected chi connectivity index (χ4v) is 2.53. The Morgan fingerprint density at radius 1 is 1.52 bits per heavy atom. The minimum absolute atomic E-state index is 0.106. The Morgan fingerprint density at radius 3 is 2.95 bits per heavy atom. The molecule has 1 saturated heterocycles. The lowest BCUT2D eigenvalue weighted by Gasteiger charge is -2.35. The molecule has 1 aliphatic rings. The lowest BCUT2D eigenvalue weighted by Crippen LogP contribution is -2.47. The highest BCUT2D eigenvalue weighted by molar-refractivity contribution is 7.80. The Hall–Kier alpha value is -1.17. The third-order valence-electron chi connectivity index (χ3n) is 3.80. The minimum Gasteiger partial charge on any atom is -0.491 e. The van der Waals surface area contributed by atoms with E-state index in [1.807, 2.05) is 25.1 Å². The molecule has 0 aromatic heterocycles. The number of ether oxygens (including phenoxy) is 2. The maximum atomic E-state index is 5.93. The first-order chi connectivity index (χ1) is 9.97. The van der Waals surface area contributed by atoms with Gasteiger partial charge in [-0.05, 0) is 32.4 Å². The molecule has 116 valence electrons. The van der Waals surface area contributed by atoms with Crippen molar-refractivity contribution in [1.82, 2.24) is 4.90 Å². The molecule has 0 aliphatic carbocycles. The molecule has 4 nitrogen and oxygen atoms in total. The van der Waals surface area contributed by atoms with E-state index in [9.17, 15) is 0 Å². The van der Waals surface area contributed by atoms with Crippen LogP contribution in [0.2, 0.25) is 0 Å². The standard InChI is InChI=1S/C16H24N2O2S/c1-11(2)18-6-7-19-14(9-18)10-20-15-8-13(16(17)21)5-4-12(15)3/h4-5,8,11,14H,6-7,9-10H2,1-3H3,(H2,17,21). The third kappa shape index (κ3) is 4.40. The first-order valence-corrected chi connectivity index (χ1v) is 7.77. The van der Waals surface area contributed by atoms with Gasteiger partial charge in [-0.15, -0.1) is 0 Å². The van der Waals surface area contributed by atoms with E-state index in [2.05, 4.69) is 18.7 Å². The first kappa shape index (κ1) is 16.2. The van der Waals surface area contributed by atoms with E-state index in [4.69, 9.17) is 27.4 Å². The second-order valence-corrected chi connectivity index (χ2v) is 6.18. The number of hydrogen-bond donors (Lipinski definition) is 1. The van der Waals surface area contributed by atoms with Gasteiger partial charge in [0.25, 0.3) is 0 Å². The van der Waals surface area contributed by atoms with Crippen molar-refractivity contribution in [2.75, 3.05) is 26.3 Å². The maximum Gasteiger partial charge on any atom is 0.123 e. The molecule has 1 aliphatic heterocycles. The summed E-state index contributed by atoms with van der Waals surface area (Å²) in [4.78, 5) is 2.80. The Labute approximate surface area is 132 Å². The second-order valence-electron chi connectivity index (χ2n) is 5.74. The van der Waals surface area contributed by atoms with Gasteiger partial charge in [-0.3, -0.25) is 4.90 Å². The summed E-state index contributed by atoms with van der Waals surface area (Å²) in [6, 6.07) is 6.34. The zero-order valence-electron chi connectivity index (χ0n) is 13.0. The first-order valence-electron chi connectivity index (χ1n) is 7.36. The van der Waals surface area contributed by atoms with Crippen molar-refractivity contribution in [3.8, 4) is 5.75 Å². The largest absolute Gasteiger partial charge is 0.491 e. The normalized spacial score (nSPS) is 19.7. The molecule has 1 atom stereocenters. The van der Waals surface area contributed by atoms with Crippen LogP contribution in [0, 0.1) is 6.92 Å². The van der Waals surface area contributed by atoms with Gasteiger partial charge < -0.3 is 15.2 Å². The van der Waals surface area contributed by atoms with E-state index >= 15 is 0 Å². The fourth-order valence-electron chi connectivity index (χ4n) is 2.40. The van der Waals surface area contributed by atoms with Crippen molar-refractivity contribution in [3.05, 3.63) is 29.3 Å². The lowest BCUT2D eigenvalue weighted by molar-refractivity contribution is -0.0565. The molecule has 1 aromatic carbocycles. The van der Waals surface area contributed by atoms with E-state index in [1.54, 1.807) is 0 Å². The van der Waals surface area contributed by atoms with Gasteiger partial charge in [0, 0.05) is 24.7 Å². The quantitative estimate of drug-likeness (QED) is 0.844. The molecule has 2 N–H and O–H groups in total. The van der Waals surface area contributed by atoms with Crippen LogP contribution in [0.15, 0.2) is 18.2 Å². The van der Waals surface area contributed by atoms with E-state index in [0.717, 1.165) is 36.6 Å². The molecule has 0 bridgehead atoms. The average Bonchev–Trinajstić information content (AvgIpc) is 2.46. The average molecular weight is 308 g/mol. The van der Waals surface area contributed by atoms with Crippen LogP contribution in [-0.4, -0.2) is 48.3 Å². The fraction of sp³-hybridized carbons (Fsp3) is 0.562. The highest BCUT2D eigenvalue weighted by Crippen LogP contribution is 2.20. The number of morpholine rings is 1. The Balaban J connectivity index is 1.96. The number of nitrogens with two attached hydrogens (primary N) is 1. The van der Waals surface area contributed by atoms with Crippen molar-refractivity contribution in [2.24, 2.45) is 5.73 Å². The van der Waals surface area contributed by atoms with Crippen molar-refractivity contribution in [2.45, 2.75) is 32.9 Å². The van der Waals surface area contributed by atoms with Gasteiger partial charge in [0.1, 0.15) is 23.4 Å². The lowest BCUT2D eigenvalue weighted by atomic mass is 10.1. The number of thiocarbonyl (C=S) groups is 1. The highest BCUT2D eigenvalue weighted by atomic mass is 32.1. The van der Waals surface area contributed by atoms with Crippen molar-refractivity contribution >= 4 is 17.2 Å². The van der Waals surface area contributed by atoms with Gasteiger partial charge in [0.05, 0.1) is 6.61 Å². The summed E-state index contributed by atoms with van der Waals surface area (Å²) in [5.41, 5.74) is 7.58. The van der Waals surface area contributed by atoms with Crippen molar-refractivity contribution in [3.63, 3.8) is 0 Å². The molecule has 0 spiro atoms. The van der Waals surface area contributed by atoms with Crippen LogP contribution in [0.4, 0.5) is 0 Å². The van der Waals surface area contributed by atoms with Crippen LogP contribution >= 0.6 is 12.2 Å². The van der Waals surface area contributed by atoms with Gasteiger partial charge in [-0.25, -0.2) is 0 Å². The molecule has 21 heavy (non-hydrogen) atoms. The summed E-state index contributed by atoms with van der Waals surface area (Å²) in [7, 11) is 0. The van der Waals surface area contributed by atoms with Crippen molar-refractivity contribution < 1.29 is 9.47 Å². The summed E-state index contributed by atoms with van der Waals surface area (Å²) in [6.45, 7) is 9.64. The van der Waals surface area contributed by atoms with E-state index < -0.39 is 0 Å². The molecule has 1 aromatic rings. The summed E-state index contributed by atoms with van der Waals surface area (Å²) in [5.74, 6) is 0.825. The zero-order chi connectivity index (χ0) is 15.4. The van der Waals surface area contributed by atoms with Crippen LogP contribution in [-0.2, 0) is 4.74 Å². The number of nitrogens with zero attached hydrogens (tertiary/aromatic N) is 1. The van der Waals surface area contributed by atoms with E-state index in [1.165, 1.54) is 0 Å². The third-order valence-corrected chi connectivity index (χ3v) is 4.03. The Morgan fingerprint density at radius 2 is 2.29 bits per heavy atom. The SMILES string of the molecule is Cc1ccc(C(N)=S)cc1OCC1CN(C(C)C)CCO1. The topological polar surface area (TPSA) is 47.7 Å². The van der Waals surface area contributed by atoms with Crippen molar-refractivity contribution in [1.29, 1.82) is 0 Å². The van der Waals surface area contributed by atoms with Gasteiger partial charge in [0.2, 0.25) is 0 Å². The molecule has 1 heterocycles. The minimum atomic E-state index is 0.106.